The summed E-state index contributed by atoms with van der Waals surface area (Å²) in [5, 5.41) is 11.2. The highest BCUT2D eigenvalue weighted by Crippen LogP contribution is 1.96. The minimum absolute atomic E-state index is 0.00938. The second-order valence-electron chi connectivity index (χ2n) is 4.24. The van der Waals surface area contributed by atoms with Crippen molar-refractivity contribution in [2.24, 2.45) is 0 Å². The first-order valence-electron chi connectivity index (χ1n) is 6.58. The molecular weight excluding hydrogens is 226 g/mol. The Balaban J connectivity index is 0.000000327. The van der Waals surface area contributed by atoms with E-state index in [0.29, 0.717) is 6.42 Å². The zero-order valence-electron chi connectivity index (χ0n) is 11.6. The number of aliphatic hydroxyl groups excluding tert-OH is 1. The van der Waals surface area contributed by atoms with Crippen LogP contribution < -0.4 is 5.32 Å². The maximum absolute atomic E-state index is 10.8. The quantitative estimate of drug-likeness (QED) is 0.845. The Labute approximate surface area is 110 Å². The van der Waals surface area contributed by atoms with Crippen molar-refractivity contribution in [2.75, 3.05) is 6.61 Å². The summed E-state index contributed by atoms with van der Waals surface area (Å²) < 4.78 is 0. The summed E-state index contributed by atoms with van der Waals surface area (Å²) >= 11 is 0. The van der Waals surface area contributed by atoms with E-state index in [4.69, 9.17) is 5.11 Å². The third-order valence-corrected chi connectivity index (χ3v) is 2.41. The van der Waals surface area contributed by atoms with Gasteiger partial charge in [-0.3, -0.25) is 4.79 Å². The summed E-state index contributed by atoms with van der Waals surface area (Å²) in [6.07, 6.45) is 2.54. The highest BCUT2D eigenvalue weighted by molar-refractivity contribution is 5.76. The van der Waals surface area contributed by atoms with Crippen LogP contribution in [0.15, 0.2) is 30.3 Å². The first-order chi connectivity index (χ1) is 8.63. The van der Waals surface area contributed by atoms with Gasteiger partial charge in [-0.25, -0.2) is 0 Å². The van der Waals surface area contributed by atoms with Crippen LogP contribution in [0.4, 0.5) is 0 Å². The molecule has 3 nitrogen and oxygen atoms in total. The third kappa shape index (κ3) is 8.76. The van der Waals surface area contributed by atoms with Gasteiger partial charge in [0.15, 0.2) is 0 Å². The van der Waals surface area contributed by atoms with E-state index in [-0.39, 0.29) is 18.6 Å². The molecule has 0 aliphatic heterocycles. The highest BCUT2D eigenvalue weighted by atomic mass is 16.3. The molecule has 1 aromatic carbocycles. The number of hydrogen-bond donors (Lipinski definition) is 2. The summed E-state index contributed by atoms with van der Waals surface area (Å²) in [6, 6.07) is 10.3. The lowest BCUT2D eigenvalue weighted by atomic mass is 10.2. The molecule has 0 heterocycles. The average Bonchev–Trinajstić information content (AvgIpc) is 2.40. The number of benzene rings is 1. The van der Waals surface area contributed by atoms with E-state index in [1.165, 1.54) is 5.56 Å². The Kier molecular flexibility index (Phi) is 9.97. The fourth-order valence-corrected chi connectivity index (χ4v) is 1.33. The Bertz CT molecular complexity index is 312. The Morgan fingerprint density at radius 3 is 2.28 bits per heavy atom. The first-order valence-corrected chi connectivity index (χ1v) is 6.58. The fourth-order valence-electron chi connectivity index (χ4n) is 1.33. The molecule has 1 amide bonds. The number of rotatable bonds is 5. The van der Waals surface area contributed by atoms with Crippen LogP contribution in [0.5, 0.6) is 0 Å². The second-order valence-corrected chi connectivity index (χ2v) is 4.24. The zero-order chi connectivity index (χ0) is 13.8. The van der Waals surface area contributed by atoms with Crippen LogP contribution in [-0.2, 0) is 11.2 Å². The molecule has 1 unspecified atom stereocenters. The number of carbonyl (C=O) groups excluding carboxylic acids is 1. The Morgan fingerprint density at radius 2 is 1.89 bits per heavy atom. The number of carbonyl (C=O) groups is 1. The standard InChI is InChI=1S/C8H10.C7H15NO2/c1-2-8-6-4-3-5-7-8;1-3-4-7(10)8-6(2)5-9/h3-7H,2H2,1H3;6,9H,3-5H2,1-2H3,(H,8,10). The lowest BCUT2D eigenvalue weighted by molar-refractivity contribution is -0.122. The lowest BCUT2D eigenvalue weighted by Gasteiger charge is -2.09. The van der Waals surface area contributed by atoms with Gasteiger partial charge in [0.05, 0.1) is 6.61 Å². The molecule has 0 aliphatic carbocycles. The molecule has 102 valence electrons. The minimum atomic E-state index is -0.112. The molecule has 2 N–H and O–H groups in total. The number of amides is 1. The smallest absolute Gasteiger partial charge is 0.220 e. The van der Waals surface area contributed by atoms with Gasteiger partial charge in [-0.1, -0.05) is 44.2 Å². The summed E-state index contributed by atoms with van der Waals surface area (Å²) in [5.74, 6) is 0.0176. The van der Waals surface area contributed by atoms with Gasteiger partial charge in [0.2, 0.25) is 5.91 Å². The molecule has 0 aliphatic rings. The largest absolute Gasteiger partial charge is 0.394 e. The van der Waals surface area contributed by atoms with Crippen molar-refractivity contribution in [1.29, 1.82) is 0 Å². The van der Waals surface area contributed by atoms with Crippen molar-refractivity contribution in [3.8, 4) is 0 Å². The monoisotopic (exact) mass is 251 g/mol. The van der Waals surface area contributed by atoms with E-state index in [9.17, 15) is 4.79 Å². The summed E-state index contributed by atoms with van der Waals surface area (Å²) in [7, 11) is 0. The molecule has 0 saturated carbocycles. The maximum Gasteiger partial charge on any atom is 0.220 e. The van der Waals surface area contributed by atoms with Gasteiger partial charge in [0, 0.05) is 12.5 Å². The summed E-state index contributed by atoms with van der Waals surface area (Å²) in [6.45, 7) is 5.89. The molecule has 0 bridgehead atoms. The first kappa shape index (κ1) is 16.6. The Morgan fingerprint density at radius 1 is 1.28 bits per heavy atom. The summed E-state index contributed by atoms with van der Waals surface area (Å²) in [5.41, 5.74) is 1.41. The van der Waals surface area contributed by atoms with Gasteiger partial charge >= 0.3 is 0 Å². The fraction of sp³-hybridized carbons (Fsp3) is 0.533. The lowest BCUT2D eigenvalue weighted by Crippen LogP contribution is -2.34. The van der Waals surface area contributed by atoms with Crippen molar-refractivity contribution < 1.29 is 9.90 Å². The average molecular weight is 251 g/mol. The molecule has 3 heteroatoms. The number of aryl methyl sites for hydroxylation is 1. The molecule has 0 spiro atoms. The van der Waals surface area contributed by atoms with Crippen molar-refractivity contribution in [3.05, 3.63) is 35.9 Å². The van der Waals surface area contributed by atoms with Crippen molar-refractivity contribution >= 4 is 5.91 Å². The highest BCUT2D eigenvalue weighted by Gasteiger charge is 2.03. The molecule has 0 fully saturated rings. The molecule has 1 rings (SSSR count). The third-order valence-electron chi connectivity index (χ3n) is 2.41. The van der Waals surface area contributed by atoms with Crippen LogP contribution in [-0.4, -0.2) is 23.7 Å². The molecule has 0 saturated heterocycles. The topological polar surface area (TPSA) is 49.3 Å². The predicted octanol–water partition coefficient (Wildman–Crippen LogP) is 2.53. The van der Waals surface area contributed by atoms with Crippen LogP contribution >= 0.6 is 0 Å². The van der Waals surface area contributed by atoms with E-state index in [0.717, 1.165) is 12.8 Å². The normalized spacial score (nSPS) is 11.1. The van der Waals surface area contributed by atoms with E-state index < -0.39 is 0 Å². The number of hydrogen-bond acceptors (Lipinski definition) is 2. The van der Waals surface area contributed by atoms with E-state index in [1.807, 2.05) is 13.0 Å². The van der Waals surface area contributed by atoms with Gasteiger partial charge in [-0.05, 0) is 25.3 Å². The van der Waals surface area contributed by atoms with Crippen LogP contribution in [0.1, 0.15) is 39.2 Å². The van der Waals surface area contributed by atoms with Gasteiger partial charge in [0.25, 0.3) is 0 Å². The number of aliphatic hydroxyl groups is 1. The van der Waals surface area contributed by atoms with Gasteiger partial charge in [0.1, 0.15) is 0 Å². The van der Waals surface area contributed by atoms with Gasteiger partial charge < -0.3 is 10.4 Å². The molecule has 1 atom stereocenters. The molecule has 1 aromatic rings. The van der Waals surface area contributed by atoms with Crippen molar-refractivity contribution in [2.45, 2.75) is 46.1 Å². The van der Waals surface area contributed by atoms with Crippen LogP contribution in [0.3, 0.4) is 0 Å². The minimum Gasteiger partial charge on any atom is -0.394 e. The number of nitrogens with one attached hydrogen (secondary N) is 1. The van der Waals surface area contributed by atoms with Crippen LogP contribution in [0, 0.1) is 0 Å². The SMILES string of the molecule is CCCC(=O)NC(C)CO.CCc1ccccc1. The van der Waals surface area contributed by atoms with E-state index in [2.05, 4.69) is 36.5 Å². The van der Waals surface area contributed by atoms with Crippen molar-refractivity contribution in [1.82, 2.24) is 5.32 Å². The van der Waals surface area contributed by atoms with E-state index >= 15 is 0 Å². The molecular formula is C15H25NO2. The zero-order valence-corrected chi connectivity index (χ0v) is 11.6. The van der Waals surface area contributed by atoms with Crippen molar-refractivity contribution in [3.63, 3.8) is 0 Å². The van der Waals surface area contributed by atoms with Crippen LogP contribution in [0.25, 0.3) is 0 Å². The van der Waals surface area contributed by atoms with Crippen LogP contribution in [0.2, 0.25) is 0 Å². The second kappa shape index (κ2) is 10.8. The van der Waals surface area contributed by atoms with Gasteiger partial charge in [-0.15, -0.1) is 0 Å². The molecule has 0 radical (unpaired) electrons. The Hall–Kier alpha value is -1.35. The maximum atomic E-state index is 10.8. The summed E-state index contributed by atoms with van der Waals surface area (Å²) in [4.78, 5) is 10.8. The predicted molar refractivity (Wildman–Crippen MR) is 75.4 cm³/mol. The molecule has 18 heavy (non-hydrogen) atoms. The van der Waals surface area contributed by atoms with E-state index in [1.54, 1.807) is 6.92 Å². The van der Waals surface area contributed by atoms with Gasteiger partial charge in [-0.2, -0.15) is 0 Å². The molecule has 0 aromatic heterocycles.